The molecule has 1 N–H and O–H groups in total. The van der Waals surface area contributed by atoms with E-state index in [4.69, 9.17) is 14.5 Å². The van der Waals surface area contributed by atoms with E-state index in [0.29, 0.717) is 6.61 Å². The topological polar surface area (TPSA) is 46.1 Å². The van der Waals surface area contributed by atoms with Crippen molar-refractivity contribution in [2.24, 2.45) is 16.8 Å². The van der Waals surface area contributed by atoms with Gasteiger partial charge in [-0.1, -0.05) is 19.8 Å². The van der Waals surface area contributed by atoms with Gasteiger partial charge in [0.2, 0.25) is 0 Å². The number of hydrogen-bond acceptors (Lipinski definition) is 3. The first-order valence-electron chi connectivity index (χ1n) is 8.86. The van der Waals surface area contributed by atoms with Crippen molar-refractivity contribution in [1.29, 1.82) is 0 Å². The van der Waals surface area contributed by atoms with Crippen LogP contribution in [0.2, 0.25) is 0 Å². The zero-order valence-electron chi connectivity index (χ0n) is 14.5. The van der Waals surface area contributed by atoms with Gasteiger partial charge in [0, 0.05) is 33.3 Å². The first kappa shape index (κ1) is 17.5. The van der Waals surface area contributed by atoms with Crippen molar-refractivity contribution in [1.82, 2.24) is 10.2 Å². The summed E-state index contributed by atoms with van der Waals surface area (Å²) in [7, 11) is 1.73. The van der Waals surface area contributed by atoms with Gasteiger partial charge in [-0.3, -0.25) is 4.99 Å². The summed E-state index contributed by atoms with van der Waals surface area (Å²) in [6.45, 7) is 9.54. The molecule has 1 aliphatic heterocycles. The summed E-state index contributed by atoms with van der Waals surface area (Å²) in [5.74, 6) is 2.67. The Bertz CT molecular complexity index is 347. The molecule has 1 aliphatic carbocycles. The summed E-state index contributed by atoms with van der Waals surface area (Å²) in [6, 6.07) is 0. The first-order valence-corrected chi connectivity index (χ1v) is 8.86. The Labute approximate surface area is 135 Å². The Morgan fingerprint density at radius 2 is 2.27 bits per heavy atom. The van der Waals surface area contributed by atoms with Gasteiger partial charge in [0.15, 0.2) is 5.96 Å². The molecule has 0 spiro atoms. The summed E-state index contributed by atoms with van der Waals surface area (Å²) < 4.78 is 11.0. The number of hydrogen-bond donors (Lipinski definition) is 1. The second-order valence-electron chi connectivity index (χ2n) is 6.73. The fourth-order valence-electron chi connectivity index (χ4n) is 3.57. The smallest absolute Gasteiger partial charge is 0.194 e. The molecule has 0 amide bonds. The normalized spacial score (nSPS) is 30.4. The summed E-state index contributed by atoms with van der Waals surface area (Å²) >= 11 is 0. The highest BCUT2D eigenvalue weighted by molar-refractivity contribution is 5.80. The molecule has 5 nitrogen and oxygen atoms in total. The van der Waals surface area contributed by atoms with Gasteiger partial charge in [-0.15, -0.1) is 0 Å². The van der Waals surface area contributed by atoms with Gasteiger partial charge in [-0.2, -0.15) is 0 Å². The fraction of sp³-hybridized carbons (Fsp3) is 0.941. The molecule has 0 aromatic heterocycles. The van der Waals surface area contributed by atoms with E-state index in [-0.39, 0.29) is 6.10 Å². The fourth-order valence-corrected chi connectivity index (χ4v) is 3.57. The minimum Gasteiger partial charge on any atom is -0.382 e. The lowest BCUT2D eigenvalue weighted by Crippen LogP contribution is -2.51. The van der Waals surface area contributed by atoms with Crippen LogP contribution in [-0.2, 0) is 9.47 Å². The van der Waals surface area contributed by atoms with Crippen LogP contribution in [0, 0.1) is 11.8 Å². The quantitative estimate of drug-likeness (QED) is 0.624. The molecule has 3 unspecified atom stereocenters. The number of nitrogens with one attached hydrogen (secondary N) is 1. The number of guanidine groups is 1. The Morgan fingerprint density at radius 1 is 1.41 bits per heavy atom. The zero-order chi connectivity index (χ0) is 15.8. The SMILES string of the molecule is CCNC(=NCC1CCCC(C)C1)N1CCOC(COC)C1. The minimum atomic E-state index is 0.150. The Balaban J connectivity index is 1.91. The molecule has 1 saturated carbocycles. The molecular formula is C17H33N3O2. The van der Waals surface area contributed by atoms with Gasteiger partial charge in [-0.05, 0) is 31.6 Å². The maximum absolute atomic E-state index is 5.74. The van der Waals surface area contributed by atoms with Gasteiger partial charge in [0.1, 0.15) is 0 Å². The van der Waals surface area contributed by atoms with Crippen molar-refractivity contribution >= 4 is 5.96 Å². The monoisotopic (exact) mass is 311 g/mol. The second-order valence-corrected chi connectivity index (χ2v) is 6.73. The van der Waals surface area contributed by atoms with Gasteiger partial charge < -0.3 is 19.7 Å². The summed E-state index contributed by atoms with van der Waals surface area (Å²) in [4.78, 5) is 7.25. The van der Waals surface area contributed by atoms with Crippen LogP contribution in [0.25, 0.3) is 0 Å². The third kappa shape index (κ3) is 5.43. The maximum atomic E-state index is 5.74. The molecule has 3 atom stereocenters. The molecule has 0 aromatic carbocycles. The van der Waals surface area contributed by atoms with Gasteiger partial charge in [0.25, 0.3) is 0 Å². The summed E-state index contributed by atoms with van der Waals surface area (Å²) in [5, 5.41) is 3.45. The molecule has 1 heterocycles. The van der Waals surface area contributed by atoms with Crippen molar-refractivity contribution < 1.29 is 9.47 Å². The Kier molecular flexibility index (Phi) is 7.46. The van der Waals surface area contributed by atoms with Crippen LogP contribution in [0.3, 0.4) is 0 Å². The van der Waals surface area contributed by atoms with E-state index in [1.54, 1.807) is 7.11 Å². The van der Waals surface area contributed by atoms with Crippen LogP contribution >= 0.6 is 0 Å². The average Bonchev–Trinajstić information content (AvgIpc) is 2.52. The maximum Gasteiger partial charge on any atom is 0.194 e. The first-order chi connectivity index (χ1) is 10.7. The summed E-state index contributed by atoms with van der Waals surface area (Å²) in [6.07, 6.45) is 5.58. The van der Waals surface area contributed by atoms with Gasteiger partial charge >= 0.3 is 0 Å². The molecule has 5 heteroatoms. The highest BCUT2D eigenvalue weighted by Crippen LogP contribution is 2.28. The highest BCUT2D eigenvalue weighted by Gasteiger charge is 2.24. The van der Waals surface area contributed by atoms with E-state index >= 15 is 0 Å². The van der Waals surface area contributed by atoms with Gasteiger partial charge in [0.05, 0.1) is 19.3 Å². The molecule has 128 valence electrons. The lowest BCUT2D eigenvalue weighted by molar-refractivity contribution is -0.0447. The van der Waals surface area contributed by atoms with E-state index in [0.717, 1.165) is 50.6 Å². The van der Waals surface area contributed by atoms with Crippen molar-refractivity contribution in [3.8, 4) is 0 Å². The number of methoxy groups -OCH3 is 1. The third-order valence-electron chi connectivity index (χ3n) is 4.67. The average molecular weight is 311 g/mol. The summed E-state index contributed by atoms with van der Waals surface area (Å²) in [5.41, 5.74) is 0. The molecule has 22 heavy (non-hydrogen) atoms. The Morgan fingerprint density at radius 3 is 3.00 bits per heavy atom. The predicted molar refractivity (Wildman–Crippen MR) is 90.3 cm³/mol. The molecule has 1 saturated heterocycles. The van der Waals surface area contributed by atoms with Crippen molar-refractivity contribution in [2.45, 2.75) is 45.6 Å². The van der Waals surface area contributed by atoms with Crippen molar-refractivity contribution in [2.75, 3.05) is 46.5 Å². The predicted octanol–water partition coefficient (Wildman–Crippen LogP) is 2.13. The Hall–Kier alpha value is -0.810. The largest absolute Gasteiger partial charge is 0.382 e. The molecule has 2 rings (SSSR count). The van der Waals surface area contributed by atoms with E-state index in [2.05, 4.69) is 24.1 Å². The van der Waals surface area contributed by atoms with Crippen LogP contribution < -0.4 is 5.32 Å². The molecule has 2 fully saturated rings. The highest BCUT2D eigenvalue weighted by atomic mass is 16.5. The molecule has 0 bridgehead atoms. The molecule has 0 radical (unpaired) electrons. The van der Waals surface area contributed by atoms with Crippen LogP contribution in [0.4, 0.5) is 0 Å². The lowest BCUT2D eigenvalue weighted by atomic mass is 9.82. The van der Waals surface area contributed by atoms with Gasteiger partial charge in [-0.25, -0.2) is 0 Å². The van der Waals surface area contributed by atoms with E-state index in [9.17, 15) is 0 Å². The number of morpholine rings is 1. The van der Waals surface area contributed by atoms with Crippen molar-refractivity contribution in [3.63, 3.8) is 0 Å². The number of rotatable bonds is 5. The van der Waals surface area contributed by atoms with Crippen molar-refractivity contribution in [3.05, 3.63) is 0 Å². The third-order valence-corrected chi connectivity index (χ3v) is 4.67. The number of nitrogens with zero attached hydrogens (tertiary/aromatic N) is 2. The second kappa shape index (κ2) is 9.36. The van der Waals surface area contributed by atoms with E-state index in [1.165, 1.54) is 25.7 Å². The van der Waals surface area contributed by atoms with E-state index in [1.807, 2.05) is 0 Å². The number of ether oxygens (including phenoxy) is 2. The van der Waals surface area contributed by atoms with Crippen LogP contribution in [0.1, 0.15) is 39.5 Å². The van der Waals surface area contributed by atoms with Crippen LogP contribution in [-0.4, -0.2) is 63.5 Å². The zero-order valence-corrected chi connectivity index (χ0v) is 14.5. The van der Waals surface area contributed by atoms with Crippen LogP contribution in [0.15, 0.2) is 4.99 Å². The molecule has 0 aromatic rings. The minimum absolute atomic E-state index is 0.150. The molecule has 2 aliphatic rings. The number of aliphatic imine (C=N–C) groups is 1. The lowest BCUT2D eigenvalue weighted by Gasteiger charge is -2.35. The molecular weight excluding hydrogens is 278 g/mol. The standard InChI is InChI=1S/C17H33N3O2/c1-4-18-17(19-11-15-7-5-6-14(2)10-15)20-8-9-22-16(12-20)13-21-3/h14-16H,4-13H2,1-3H3,(H,18,19). The van der Waals surface area contributed by atoms with E-state index < -0.39 is 0 Å². The van der Waals surface area contributed by atoms with Crippen LogP contribution in [0.5, 0.6) is 0 Å².